The minimum absolute atomic E-state index is 0.185. The Kier molecular flexibility index (Phi) is 7.09. The highest BCUT2D eigenvalue weighted by Crippen LogP contribution is 2.45. The van der Waals surface area contributed by atoms with Crippen molar-refractivity contribution < 1.29 is 24.1 Å². The number of Topliss-reactive ketones (excluding diaryl/α,β-unsaturated/α-hetero) is 1. The van der Waals surface area contributed by atoms with E-state index in [9.17, 15) is 19.5 Å². The third-order valence-electron chi connectivity index (χ3n) is 7.98. The average molecular weight is 517 g/mol. The summed E-state index contributed by atoms with van der Waals surface area (Å²) in [6, 6.07) is 3.80. The number of hydrogen-bond donors (Lipinski definition) is 2. The zero-order valence-electron chi connectivity index (χ0n) is 22.6. The molecule has 2 saturated heterocycles. The summed E-state index contributed by atoms with van der Waals surface area (Å²) >= 11 is 0. The van der Waals surface area contributed by atoms with Crippen LogP contribution in [-0.2, 0) is 14.4 Å². The fourth-order valence-corrected chi connectivity index (χ4v) is 6.19. The number of aryl methyl sites for hydroxylation is 1. The molecule has 200 valence electrons. The maximum Gasteiger partial charge on any atom is 0.221 e. The van der Waals surface area contributed by atoms with Gasteiger partial charge in [0, 0.05) is 74.3 Å². The van der Waals surface area contributed by atoms with Gasteiger partial charge in [-0.15, -0.1) is 0 Å². The highest BCUT2D eigenvalue weighted by molar-refractivity contribution is 6.14. The van der Waals surface area contributed by atoms with Crippen molar-refractivity contribution in [2.24, 2.45) is 0 Å². The van der Waals surface area contributed by atoms with E-state index in [-0.39, 0.29) is 23.2 Å². The Hall–Kier alpha value is -3.52. The van der Waals surface area contributed by atoms with Crippen LogP contribution < -0.4 is 20.6 Å². The van der Waals surface area contributed by atoms with Crippen molar-refractivity contribution in [3.8, 4) is 0 Å². The molecule has 2 aliphatic heterocycles. The van der Waals surface area contributed by atoms with Crippen LogP contribution >= 0.6 is 0 Å². The lowest BCUT2D eigenvalue weighted by atomic mass is 9.68. The molecule has 0 radical (unpaired) electrons. The van der Waals surface area contributed by atoms with Crippen LogP contribution in [-0.4, -0.2) is 60.2 Å². The molecule has 8 nitrogen and oxygen atoms in total. The maximum atomic E-state index is 13.7. The van der Waals surface area contributed by atoms with E-state index in [1.807, 2.05) is 38.1 Å². The third kappa shape index (κ3) is 4.73. The average Bonchev–Trinajstić information content (AvgIpc) is 3.57. The first-order chi connectivity index (χ1) is 18.2. The molecule has 0 bridgehead atoms. The van der Waals surface area contributed by atoms with Crippen LogP contribution in [0.15, 0.2) is 46.7 Å². The first-order valence-corrected chi connectivity index (χ1v) is 13.6. The molecular formula is C30H36N4O4. The van der Waals surface area contributed by atoms with Gasteiger partial charge in [-0.2, -0.15) is 0 Å². The van der Waals surface area contributed by atoms with E-state index < -0.39 is 12.0 Å². The summed E-state index contributed by atoms with van der Waals surface area (Å²) in [4.78, 5) is 40.0. The monoisotopic (exact) mass is 516 g/mol. The molecule has 1 saturated carbocycles. The fraction of sp³-hybridized carbons (Fsp3) is 0.467. The summed E-state index contributed by atoms with van der Waals surface area (Å²) in [5, 5.41) is 19.5. The number of amides is 2. The molecule has 3 fully saturated rings. The molecule has 2 aliphatic carbocycles. The highest BCUT2D eigenvalue weighted by Gasteiger charge is 2.43. The second kappa shape index (κ2) is 10.3. The number of carbonyl (C=O) groups is 3. The molecule has 1 aromatic carbocycles. The Bertz CT molecular complexity index is 1340. The van der Waals surface area contributed by atoms with Gasteiger partial charge >= 0.3 is 0 Å². The largest absolute Gasteiger partial charge is 0.848 e. The summed E-state index contributed by atoms with van der Waals surface area (Å²) in [6.45, 7) is 10.6. The van der Waals surface area contributed by atoms with Gasteiger partial charge < -0.3 is 20.6 Å². The quantitative estimate of drug-likeness (QED) is 0.473. The van der Waals surface area contributed by atoms with Crippen LogP contribution in [0.2, 0.25) is 0 Å². The lowest BCUT2D eigenvalue weighted by molar-refractivity contribution is -0.504. The number of rotatable bonds is 4. The molecular weight excluding hydrogens is 480 g/mol. The van der Waals surface area contributed by atoms with E-state index in [1.54, 1.807) is 0 Å². The summed E-state index contributed by atoms with van der Waals surface area (Å²) in [7, 11) is 0. The molecule has 2 unspecified atom stereocenters. The molecule has 2 atom stereocenters. The van der Waals surface area contributed by atoms with Crippen molar-refractivity contribution in [1.82, 2.24) is 5.32 Å². The predicted octanol–water partition coefficient (Wildman–Crippen LogP) is 2.47. The second-order valence-corrected chi connectivity index (χ2v) is 10.8. The van der Waals surface area contributed by atoms with E-state index >= 15 is 0 Å². The molecule has 1 aromatic rings. The SMILES string of the molecule is CC(=O)NC1=CC(=[N+]2CCCC2)C(C)=C/C1=C1/C(=O)C(c2cc(C)c(N3CCCC3)cc2NC(C)=O)C1[O-]. The summed E-state index contributed by atoms with van der Waals surface area (Å²) in [5.41, 5.74) is 6.24. The number of allylic oxidation sites excluding steroid dienone is 3. The Balaban J connectivity index is 1.54. The van der Waals surface area contributed by atoms with Crippen LogP contribution in [0.4, 0.5) is 11.4 Å². The number of hydrogen-bond acceptors (Lipinski definition) is 5. The van der Waals surface area contributed by atoms with Gasteiger partial charge in [-0.05, 0) is 55.5 Å². The summed E-state index contributed by atoms with van der Waals surface area (Å²) in [6.07, 6.45) is 6.92. The van der Waals surface area contributed by atoms with Gasteiger partial charge in [0.2, 0.25) is 17.5 Å². The zero-order valence-corrected chi connectivity index (χ0v) is 22.6. The van der Waals surface area contributed by atoms with Gasteiger partial charge in [-0.1, -0.05) is 12.2 Å². The molecule has 4 aliphatic rings. The van der Waals surface area contributed by atoms with Crippen LogP contribution in [0.1, 0.15) is 63.5 Å². The molecule has 8 heteroatoms. The topological polar surface area (TPSA) is 105 Å². The Morgan fingerprint density at radius 2 is 1.63 bits per heavy atom. The van der Waals surface area contributed by atoms with Gasteiger partial charge in [-0.25, -0.2) is 4.58 Å². The number of anilines is 2. The minimum atomic E-state index is -1.31. The second-order valence-electron chi connectivity index (χ2n) is 10.8. The minimum Gasteiger partial charge on any atom is -0.848 e. The fourth-order valence-electron chi connectivity index (χ4n) is 6.19. The van der Waals surface area contributed by atoms with E-state index in [1.165, 1.54) is 13.8 Å². The van der Waals surface area contributed by atoms with E-state index in [4.69, 9.17) is 0 Å². The molecule has 2 N–H and O–H groups in total. The number of benzene rings is 1. The molecule has 2 heterocycles. The Morgan fingerprint density at radius 1 is 0.974 bits per heavy atom. The lowest BCUT2D eigenvalue weighted by Gasteiger charge is -2.46. The van der Waals surface area contributed by atoms with E-state index in [0.29, 0.717) is 22.5 Å². The Morgan fingerprint density at radius 3 is 2.24 bits per heavy atom. The molecule has 38 heavy (non-hydrogen) atoms. The van der Waals surface area contributed by atoms with Crippen molar-refractivity contribution >= 4 is 34.7 Å². The third-order valence-corrected chi connectivity index (χ3v) is 7.98. The van der Waals surface area contributed by atoms with Crippen LogP contribution in [0, 0.1) is 6.92 Å². The lowest BCUT2D eigenvalue weighted by Crippen LogP contribution is -2.52. The molecule has 0 aromatic heterocycles. The van der Waals surface area contributed by atoms with Crippen molar-refractivity contribution in [2.75, 3.05) is 36.4 Å². The predicted molar refractivity (Wildman–Crippen MR) is 145 cm³/mol. The van der Waals surface area contributed by atoms with Gasteiger partial charge in [0.1, 0.15) is 13.1 Å². The van der Waals surface area contributed by atoms with Crippen molar-refractivity contribution in [1.29, 1.82) is 0 Å². The molecule has 5 rings (SSSR count). The number of nitrogens with one attached hydrogen (secondary N) is 2. The van der Waals surface area contributed by atoms with Gasteiger partial charge in [0.25, 0.3) is 0 Å². The van der Waals surface area contributed by atoms with Gasteiger partial charge in [-0.3, -0.25) is 14.4 Å². The van der Waals surface area contributed by atoms with Gasteiger partial charge in [0.05, 0.1) is 5.70 Å². The van der Waals surface area contributed by atoms with Crippen LogP contribution in [0.5, 0.6) is 0 Å². The van der Waals surface area contributed by atoms with Crippen molar-refractivity contribution in [3.63, 3.8) is 0 Å². The number of ketones is 1. The molecule has 2 amide bonds. The Labute approximate surface area is 223 Å². The standard InChI is InChI=1S/C30H35N4O4/c1-17-13-21(23(31-19(3)35)15-25(17)33-9-5-6-10-33)27-29(37)28(30(27)38)22-14-18(2)26(34-11-7-8-12-34)16-24(22)32-20(4)36/h13-16,27,29H,5-12H2,1-4H3,(H,31,35)/q-1/p+1/b28-22-. The van der Waals surface area contributed by atoms with Crippen LogP contribution in [0.3, 0.4) is 0 Å². The first-order valence-electron chi connectivity index (χ1n) is 13.6. The number of carbonyl (C=O) groups excluding carboxylic acids is 3. The summed E-state index contributed by atoms with van der Waals surface area (Å²) in [5.74, 6) is -1.66. The smallest absolute Gasteiger partial charge is 0.221 e. The molecule has 0 spiro atoms. The highest BCUT2D eigenvalue weighted by atomic mass is 16.3. The van der Waals surface area contributed by atoms with Crippen molar-refractivity contribution in [3.05, 3.63) is 57.8 Å². The summed E-state index contributed by atoms with van der Waals surface area (Å²) < 4.78 is 2.28. The van der Waals surface area contributed by atoms with Gasteiger partial charge in [0.15, 0.2) is 5.78 Å². The number of nitrogens with zero attached hydrogens (tertiary/aromatic N) is 2. The first kappa shape index (κ1) is 26.1. The van der Waals surface area contributed by atoms with E-state index in [0.717, 1.165) is 74.4 Å². The normalized spacial score (nSPS) is 25.3. The zero-order chi connectivity index (χ0) is 27.1. The van der Waals surface area contributed by atoms with E-state index in [2.05, 4.69) is 20.1 Å². The maximum absolute atomic E-state index is 13.7. The van der Waals surface area contributed by atoms with Crippen molar-refractivity contribution in [2.45, 2.75) is 65.4 Å². The van der Waals surface area contributed by atoms with Crippen LogP contribution in [0.25, 0.3) is 0 Å².